The number of rotatable bonds is 3. The predicted molar refractivity (Wildman–Crippen MR) is 88.4 cm³/mol. The van der Waals surface area contributed by atoms with Crippen LogP contribution in [0.5, 0.6) is 0 Å². The smallest absolute Gasteiger partial charge is 0.0336 e. The summed E-state index contributed by atoms with van der Waals surface area (Å²) in [6, 6.07) is 12.8. The fraction of sp³-hybridized carbons (Fsp3) is 0.250. The van der Waals surface area contributed by atoms with E-state index in [9.17, 15) is 0 Å². The van der Waals surface area contributed by atoms with Crippen molar-refractivity contribution in [3.63, 3.8) is 0 Å². The Kier molecular flexibility index (Phi) is 4.82. The summed E-state index contributed by atoms with van der Waals surface area (Å²) >= 11 is 7.01. The van der Waals surface area contributed by atoms with Gasteiger partial charge >= 0.3 is 0 Å². The number of nitrogens with two attached hydrogens (primary N) is 1. The Bertz CT molecular complexity index is 553. The molecule has 0 amide bonds. The molecule has 19 heavy (non-hydrogen) atoms. The summed E-state index contributed by atoms with van der Waals surface area (Å²) in [5.74, 6) is 0. The van der Waals surface area contributed by atoms with Crippen LogP contribution in [0.3, 0.4) is 0 Å². The van der Waals surface area contributed by atoms with Gasteiger partial charge in [-0.3, -0.25) is 0 Å². The summed E-state index contributed by atoms with van der Waals surface area (Å²) in [7, 11) is 0. The lowest BCUT2D eigenvalue weighted by molar-refractivity contribution is 0.720. The van der Waals surface area contributed by atoms with Crippen molar-refractivity contribution >= 4 is 31.9 Å². The maximum absolute atomic E-state index is 6.32. The van der Waals surface area contributed by atoms with Crippen LogP contribution in [0, 0.1) is 13.8 Å². The molecule has 0 saturated carbocycles. The minimum Gasteiger partial charge on any atom is -0.324 e. The van der Waals surface area contributed by atoms with Crippen molar-refractivity contribution in [3.05, 3.63) is 67.6 Å². The first kappa shape index (κ1) is 14.8. The van der Waals surface area contributed by atoms with E-state index in [1.54, 1.807) is 0 Å². The Morgan fingerprint density at radius 2 is 1.42 bits per heavy atom. The minimum atomic E-state index is 0.00926. The number of hydrogen-bond acceptors (Lipinski definition) is 1. The molecule has 0 saturated heterocycles. The summed E-state index contributed by atoms with van der Waals surface area (Å²) in [5.41, 5.74) is 11.3. The Balaban J connectivity index is 2.22. The highest BCUT2D eigenvalue weighted by atomic mass is 79.9. The van der Waals surface area contributed by atoms with Gasteiger partial charge in [0.1, 0.15) is 0 Å². The van der Waals surface area contributed by atoms with E-state index in [2.05, 4.69) is 76.0 Å². The van der Waals surface area contributed by atoms with Crippen molar-refractivity contribution in [2.24, 2.45) is 5.73 Å². The highest BCUT2D eigenvalue weighted by Crippen LogP contribution is 2.25. The summed E-state index contributed by atoms with van der Waals surface area (Å²) in [5, 5.41) is 0. The first-order valence-corrected chi connectivity index (χ1v) is 7.81. The second kappa shape index (κ2) is 6.21. The quantitative estimate of drug-likeness (QED) is 0.787. The summed E-state index contributed by atoms with van der Waals surface area (Å²) < 4.78 is 2.10. The molecule has 0 aliphatic heterocycles. The van der Waals surface area contributed by atoms with E-state index in [1.165, 1.54) is 16.7 Å². The molecule has 0 spiro atoms. The molecule has 0 fully saturated rings. The van der Waals surface area contributed by atoms with Crippen LogP contribution in [0.1, 0.15) is 28.3 Å². The van der Waals surface area contributed by atoms with Crippen LogP contribution in [0.2, 0.25) is 0 Å². The SMILES string of the molecule is Cc1cc(C)cc(CC(N)c2cc(Br)cc(Br)c2)c1. The zero-order chi connectivity index (χ0) is 14.0. The van der Waals surface area contributed by atoms with Crippen molar-refractivity contribution in [3.8, 4) is 0 Å². The van der Waals surface area contributed by atoms with Crippen molar-refractivity contribution < 1.29 is 0 Å². The maximum atomic E-state index is 6.32. The summed E-state index contributed by atoms with van der Waals surface area (Å²) in [6.45, 7) is 4.25. The van der Waals surface area contributed by atoms with E-state index in [-0.39, 0.29) is 6.04 Å². The lowest BCUT2D eigenvalue weighted by atomic mass is 9.97. The van der Waals surface area contributed by atoms with Gasteiger partial charge in [-0.15, -0.1) is 0 Å². The molecule has 0 radical (unpaired) electrons. The molecule has 0 aliphatic rings. The zero-order valence-electron chi connectivity index (χ0n) is 11.1. The molecule has 1 nitrogen and oxygen atoms in total. The lowest BCUT2D eigenvalue weighted by Crippen LogP contribution is -2.13. The first-order chi connectivity index (χ1) is 8.94. The van der Waals surface area contributed by atoms with E-state index in [0.29, 0.717) is 0 Å². The van der Waals surface area contributed by atoms with Gasteiger partial charge in [0.05, 0.1) is 0 Å². The molecule has 2 aromatic carbocycles. The standard InChI is InChI=1S/C16H17Br2N/c1-10-3-11(2)5-12(4-10)6-16(19)13-7-14(17)9-15(18)8-13/h3-5,7-9,16H,6,19H2,1-2H3. The van der Waals surface area contributed by atoms with Gasteiger partial charge in [-0.2, -0.15) is 0 Å². The number of hydrogen-bond donors (Lipinski definition) is 1. The van der Waals surface area contributed by atoms with Crippen LogP contribution >= 0.6 is 31.9 Å². The number of aryl methyl sites for hydroxylation is 2. The average molecular weight is 383 g/mol. The van der Waals surface area contributed by atoms with Crippen LogP contribution in [-0.2, 0) is 6.42 Å². The maximum Gasteiger partial charge on any atom is 0.0336 e. The Morgan fingerprint density at radius 3 is 1.95 bits per heavy atom. The molecule has 0 bridgehead atoms. The van der Waals surface area contributed by atoms with Gasteiger partial charge in [0.2, 0.25) is 0 Å². The Labute approximate surface area is 131 Å². The van der Waals surface area contributed by atoms with E-state index < -0.39 is 0 Å². The fourth-order valence-corrected chi connectivity index (χ4v) is 3.68. The van der Waals surface area contributed by atoms with E-state index >= 15 is 0 Å². The van der Waals surface area contributed by atoms with Crippen molar-refractivity contribution in [1.29, 1.82) is 0 Å². The van der Waals surface area contributed by atoms with Crippen LogP contribution < -0.4 is 5.73 Å². The minimum absolute atomic E-state index is 0.00926. The highest BCUT2D eigenvalue weighted by molar-refractivity contribution is 9.11. The summed E-state index contributed by atoms with van der Waals surface area (Å²) in [4.78, 5) is 0. The number of benzene rings is 2. The normalized spacial score (nSPS) is 12.5. The first-order valence-electron chi connectivity index (χ1n) is 6.23. The zero-order valence-corrected chi connectivity index (χ0v) is 14.3. The fourth-order valence-electron chi connectivity index (χ4n) is 2.35. The molecule has 0 heterocycles. The number of halogens is 2. The second-order valence-electron chi connectivity index (χ2n) is 5.01. The Hall–Kier alpha value is -0.640. The molecule has 1 atom stereocenters. The summed E-state index contributed by atoms with van der Waals surface area (Å²) in [6.07, 6.45) is 0.853. The molecule has 100 valence electrons. The van der Waals surface area contributed by atoms with E-state index in [4.69, 9.17) is 5.73 Å². The molecular formula is C16H17Br2N. The van der Waals surface area contributed by atoms with Gasteiger partial charge in [0, 0.05) is 15.0 Å². The third-order valence-electron chi connectivity index (χ3n) is 3.05. The monoisotopic (exact) mass is 381 g/mol. The topological polar surface area (TPSA) is 26.0 Å². The highest BCUT2D eigenvalue weighted by Gasteiger charge is 2.09. The Morgan fingerprint density at radius 1 is 0.895 bits per heavy atom. The average Bonchev–Trinajstić information content (AvgIpc) is 2.25. The largest absolute Gasteiger partial charge is 0.324 e. The second-order valence-corrected chi connectivity index (χ2v) is 6.84. The van der Waals surface area contributed by atoms with Gasteiger partial charge in [0.25, 0.3) is 0 Å². The molecule has 3 heteroatoms. The van der Waals surface area contributed by atoms with Crippen molar-refractivity contribution in [2.45, 2.75) is 26.3 Å². The molecule has 2 aromatic rings. The lowest BCUT2D eigenvalue weighted by Gasteiger charge is -2.14. The van der Waals surface area contributed by atoms with E-state index in [0.717, 1.165) is 20.9 Å². The molecule has 1 unspecified atom stereocenters. The van der Waals surface area contributed by atoms with Crippen LogP contribution in [0.15, 0.2) is 45.3 Å². The van der Waals surface area contributed by atoms with Crippen molar-refractivity contribution in [1.82, 2.24) is 0 Å². The van der Waals surface area contributed by atoms with Gasteiger partial charge in [0.15, 0.2) is 0 Å². The van der Waals surface area contributed by atoms with E-state index in [1.807, 2.05) is 6.07 Å². The van der Waals surface area contributed by atoms with Crippen LogP contribution in [0.4, 0.5) is 0 Å². The van der Waals surface area contributed by atoms with Crippen LogP contribution in [-0.4, -0.2) is 0 Å². The van der Waals surface area contributed by atoms with Gasteiger partial charge < -0.3 is 5.73 Å². The van der Waals surface area contributed by atoms with Crippen molar-refractivity contribution in [2.75, 3.05) is 0 Å². The van der Waals surface area contributed by atoms with Gasteiger partial charge in [-0.25, -0.2) is 0 Å². The van der Waals surface area contributed by atoms with Gasteiger partial charge in [-0.05, 0) is 49.6 Å². The third kappa shape index (κ3) is 4.16. The molecule has 0 aliphatic carbocycles. The third-order valence-corrected chi connectivity index (χ3v) is 3.97. The van der Waals surface area contributed by atoms with Gasteiger partial charge in [-0.1, -0.05) is 61.2 Å². The molecule has 0 aromatic heterocycles. The molecule has 2 N–H and O–H groups in total. The predicted octanol–water partition coefficient (Wildman–Crippen LogP) is 5.07. The van der Waals surface area contributed by atoms with Crippen LogP contribution in [0.25, 0.3) is 0 Å². The molecule has 2 rings (SSSR count). The molecular weight excluding hydrogens is 366 g/mol.